The molecular formula is C15H21Cl9O2. The second-order valence-electron chi connectivity index (χ2n) is 6.24. The van der Waals surface area contributed by atoms with Gasteiger partial charge < -0.3 is 9.47 Å². The molecule has 2 unspecified atom stereocenters. The molecule has 0 bridgehead atoms. The van der Waals surface area contributed by atoms with Crippen LogP contribution in [0.4, 0.5) is 0 Å². The van der Waals surface area contributed by atoms with E-state index in [2.05, 4.69) is 0 Å². The summed E-state index contributed by atoms with van der Waals surface area (Å²) in [5.41, 5.74) is 0. The molecule has 0 aromatic rings. The summed E-state index contributed by atoms with van der Waals surface area (Å²) >= 11 is 55.9. The van der Waals surface area contributed by atoms with Crippen molar-refractivity contribution in [2.75, 3.05) is 13.2 Å². The molecule has 1 aliphatic rings. The van der Waals surface area contributed by atoms with E-state index in [4.69, 9.17) is 114 Å². The summed E-state index contributed by atoms with van der Waals surface area (Å²) in [5.74, 6) is -0.532. The second kappa shape index (κ2) is 10.7. The Morgan fingerprint density at radius 2 is 1.58 bits per heavy atom. The Bertz CT molecular complexity index is 431. The Morgan fingerprint density at radius 1 is 0.962 bits per heavy atom. The van der Waals surface area contributed by atoms with Crippen LogP contribution >= 0.6 is 104 Å². The van der Waals surface area contributed by atoms with Gasteiger partial charge in [-0.1, -0.05) is 124 Å². The van der Waals surface area contributed by atoms with Gasteiger partial charge in [0.15, 0.2) is 19.3 Å². The van der Waals surface area contributed by atoms with Gasteiger partial charge in [0.1, 0.15) is 0 Å². The fraction of sp³-hybridized carbons (Fsp3) is 1.00. The Hall–Kier alpha value is 2.53. The molecule has 0 amide bonds. The maximum atomic E-state index is 6.57. The molecule has 1 heterocycles. The van der Waals surface area contributed by atoms with E-state index in [-0.39, 0.29) is 12.9 Å². The van der Waals surface area contributed by atoms with Gasteiger partial charge in [-0.05, 0) is 25.7 Å². The monoisotopic (exact) mass is 548 g/mol. The van der Waals surface area contributed by atoms with Gasteiger partial charge in [-0.2, -0.15) is 0 Å². The molecule has 0 saturated carbocycles. The molecule has 0 radical (unpaired) electrons. The number of alkyl halides is 9. The predicted octanol–water partition coefficient (Wildman–Crippen LogP) is 8.23. The van der Waals surface area contributed by atoms with Crippen molar-refractivity contribution in [2.24, 2.45) is 5.92 Å². The van der Waals surface area contributed by atoms with Crippen LogP contribution in [0.2, 0.25) is 0 Å². The van der Waals surface area contributed by atoms with Crippen molar-refractivity contribution < 1.29 is 9.47 Å². The molecule has 156 valence electrons. The lowest BCUT2D eigenvalue weighted by Gasteiger charge is -2.47. The van der Waals surface area contributed by atoms with E-state index in [0.717, 1.165) is 32.1 Å². The van der Waals surface area contributed by atoms with Crippen LogP contribution in [0, 0.1) is 5.92 Å². The van der Waals surface area contributed by atoms with Gasteiger partial charge in [0, 0.05) is 12.5 Å². The van der Waals surface area contributed by atoms with Crippen molar-refractivity contribution >= 4 is 104 Å². The van der Waals surface area contributed by atoms with E-state index in [1.54, 1.807) is 0 Å². The molecule has 0 spiro atoms. The molecule has 0 aromatic heterocycles. The summed E-state index contributed by atoms with van der Waals surface area (Å²) in [7, 11) is 0. The van der Waals surface area contributed by atoms with Crippen LogP contribution in [0.25, 0.3) is 0 Å². The van der Waals surface area contributed by atoms with Crippen LogP contribution in [0.1, 0.15) is 45.4 Å². The molecule has 1 aliphatic heterocycles. The van der Waals surface area contributed by atoms with Gasteiger partial charge in [-0.15, -0.1) is 0 Å². The Labute approximate surface area is 200 Å². The second-order valence-corrected chi connectivity index (χ2v) is 12.6. The van der Waals surface area contributed by atoms with Crippen molar-refractivity contribution in [3.05, 3.63) is 0 Å². The minimum absolute atomic E-state index is 0.141. The van der Waals surface area contributed by atoms with Gasteiger partial charge in [-0.3, -0.25) is 0 Å². The Morgan fingerprint density at radius 3 is 2.04 bits per heavy atom. The van der Waals surface area contributed by atoms with Crippen molar-refractivity contribution in [2.45, 2.75) is 68.5 Å². The van der Waals surface area contributed by atoms with Gasteiger partial charge in [0.25, 0.3) is 0 Å². The largest absolute Gasteiger partial charge is 0.353 e. The Balaban J connectivity index is 3.00. The molecule has 0 N–H and O–H groups in total. The fourth-order valence-electron chi connectivity index (χ4n) is 2.53. The zero-order valence-corrected chi connectivity index (χ0v) is 20.8. The zero-order chi connectivity index (χ0) is 20.2. The van der Waals surface area contributed by atoms with E-state index in [1.807, 2.05) is 6.92 Å². The van der Waals surface area contributed by atoms with Crippen LogP contribution in [-0.2, 0) is 9.47 Å². The average Bonchev–Trinajstić information content (AvgIpc) is 2.54. The molecule has 0 aliphatic carbocycles. The number of ether oxygens (including phenoxy) is 2. The van der Waals surface area contributed by atoms with E-state index >= 15 is 0 Å². The highest BCUT2D eigenvalue weighted by molar-refractivity contribution is 6.80. The van der Waals surface area contributed by atoms with Crippen LogP contribution in [-0.4, -0.2) is 36.3 Å². The van der Waals surface area contributed by atoms with Gasteiger partial charge in [-0.25, -0.2) is 0 Å². The SMILES string of the molecule is CCCCC(COC1CCCCO1)C(Cl)(Cl)C(Cl)(Cl)C(Cl)(Cl)C(Cl)(Cl)Cl. The van der Waals surface area contributed by atoms with Crippen molar-refractivity contribution in [1.82, 2.24) is 0 Å². The summed E-state index contributed by atoms with van der Waals surface area (Å²) in [6.07, 6.45) is 4.73. The highest BCUT2D eigenvalue weighted by Gasteiger charge is 2.69. The van der Waals surface area contributed by atoms with E-state index in [0.29, 0.717) is 13.0 Å². The first kappa shape index (κ1) is 26.6. The summed E-state index contributed by atoms with van der Waals surface area (Å²) in [6.45, 7) is 2.81. The van der Waals surface area contributed by atoms with E-state index < -0.39 is 22.7 Å². The summed E-state index contributed by atoms with van der Waals surface area (Å²) in [6, 6.07) is 0. The summed E-state index contributed by atoms with van der Waals surface area (Å²) in [5, 5.41) is 0. The molecule has 1 rings (SSSR count). The molecule has 1 fully saturated rings. The van der Waals surface area contributed by atoms with Crippen LogP contribution in [0.15, 0.2) is 0 Å². The third-order valence-corrected chi connectivity index (χ3v) is 9.89. The zero-order valence-electron chi connectivity index (χ0n) is 14.0. The van der Waals surface area contributed by atoms with Gasteiger partial charge >= 0.3 is 0 Å². The lowest BCUT2D eigenvalue weighted by molar-refractivity contribution is -0.170. The number of halogens is 9. The number of rotatable bonds is 9. The third-order valence-electron chi connectivity index (χ3n) is 4.21. The minimum Gasteiger partial charge on any atom is -0.353 e. The highest BCUT2D eigenvalue weighted by atomic mass is 35.6. The molecule has 11 heteroatoms. The number of unbranched alkanes of at least 4 members (excludes halogenated alkanes) is 1. The normalized spacial score (nSPS) is 21.7. The fourth-order valence-corrected chi connectivity index (χ4v) is 4.96. The quantitative estimate of drug-likeness (QED) is 0.269. The molecule has 0 aromatic carbocycles. The highest BCUT2D eigenvalue weighted by Crippen LogP contribution is 2.64. The Kier molecular flexibility index (Phi) is 10.9. The lowest BCUT2D eigenvalue weighted by atomic mass is 9.94. The topological polar surface area (TPSA) is 18.5 Å². The average molecular weight is 552 g/mol. The molecular weight excluding hydrogens is 531 g/mol. The van der Waals surface area contributed by atoms with Crippen molar-refractivity contribution in [1.29, 1.82) is 0 Å². The third kappa shape index (κ3) is 6.27. The predicted molar refractivity (Wildman–Crippen MR) is 116 cm³/mol. The standard InChI is InChI=1S/C15H21Cl9O2/c1-2-3-6-10(9-26-11-7-4-5-8-25-11)12(16,17)13(18,19)14(20,21)15(22,23)24/h10-11H,2-9H2,1H3. The van der Waals surface area contributed by atoms with Gasteiger partial charge in [0.2, 0.25) is 3.79 Å². The lowest BCUT2D eigenvalue weighted by Crippen LogP contribution is -2.59. The first-order valence-corrected chi connectivity index (χ1v) is 11.6. The van der Waals surface area contributed by atoms with Crippen LogP contribution < -0.4 is 0 Å². The molecule has 1 saturated heterocycles. The first-order valence-electron chi connectivity index (χ1n) is 8.22. The van der Waals surface area contributed by atoms with Gasteiger partial charge in [0.05, 0.1) is 6.61 Å². The van der Waals surface area contributed by atoms with E-state index in [9.17, 15) is 0 Å². The summed E-state index contributed by atoms with van der Waals surface area (Å²) in [4.78, 5) is 0. The maximum absolute atomic E-state index is 6.57. The summed E-state index contributed by atoms with van der Waals surface area (Å²) < 4.78 is 2.78. The van der Waals surface area contributed by atoms with Crippen molar-refractivity contribution in [3.8, 4) is 0 Å². The molecule has 26 heavy (non-hydrogen) atoms. The van der Waals surface area contributed by atoms with Crippen LogP contribution in [0.3, 0.4) is 0 Å². The number of hydrogen-bond donors (Lipinski definition) is 0. The first-order chi connectivity index (χ1) is 11.8. The van der Waals surface area contributed by atoms with E-state index in [1.165, 1.54) is 0 Å². The number of hydrogen-bond acceptors (Lipinski definition) is 2. The van der Waals surface area contributed by atoms with Crippen molar-refractivity contribution in [3.63, 3.8) is 0 Å². The minimum atomic E-state index is -2.29. The van der Waals surface area contributed by atoms with Crippen LogP contribution in [0.5, 0.6) is 0 Å². The smallest absolute Gasteiger partial charge is 0.226 e. The molecule has 2 nitrogen and oxygen atoms in total. The maximum Gasteiger partial charge on any atom is 0.226 e. The molecule has 2 atom stereocenters.